The zero-order valence-electron chi connectivity index (χ0n) is 9.67. The first-order valence-electron chi connectivity index (χ1n) is 5.67. The lowest BCUT2D eigenvalue weighted by molar-refractivity contribution is -0.123. The lowest BCUT2D eigenvalue weighted by Gasteiger charge is -2.22. The first-order chi connectivity index (χ1) is 7.91. The molecule has 1 unspecified atom stereocenters. The van der Waals surface area contributed by atoms with Crippen LogP contribution in [0, 0.1) is 11.7 Å². The number of Topliss-reactive ketones (excluding diaryl/α,β-unsaturated/α-hetero) is 1. The van der Waals surface area contributed by atoms with Gasteiger partial charge in [0.2, 0.25) is 0 Å². The van der Waals surface area contributed by atoms with Crippen LogP contribution in [0.2, 0.25) is 0 Å². The van der Waals surface area contributed by atoms with E-state index in [-0.39, 0.29) is 18.0 Å². The van der Waals surface area contributed by atoms with Crippen LogP contribution < -0.4 is 5.73 Å². The first kappa shape index (κ1) is 12.7. The Morgan fingerprint density at radius 3 is 2.76 bits per heavy atom. The average Bonchev–Trinajstić information content (AvgIpc) is 3.07. The molecule has 92 valence electrons. The van der Waals surface area contributed by atoms with Gasteiger partial charge < -0.3 is 5.73 Å². The Kier molecular flexibility index (Phi) is 3.36. The molecule has 2 nitrogen and oxygen atoms in total. The molecule has 1 aromatic carbocycles. The molecular formula is C13H15BrFNO. The normalized spacial score (nSPS) is 18.8. The van der Waals surface area contributed by atoms with E-state index in [9.17, 15) is 9.18 Å². The summed E-state index contributed by atoms with van der Waals surface area (Å²) in [6, 6.07) is 4.62. The summed E-state index contributed by atoms with van der Waals surface area (Å²) in [6.07, 6.45) is 2.33. The minimum absolute atomic E-state index is 0.0264. The van der Waals surface area contributed by atoms with Crippen LogP contribution in [0.25, 0.3) is 0 Å². The Labute approximate surface area is 109 Å². The molecule has 17 heavy (non-hydrogen) atoms. The highest BCUT2D eigenvalue weighted by molar-refractivity contribution is 9.10. The van der Waals surface area contributed by atoms with E-state index in [1.807, 2.05) is 0 Å². The van der Waals surface area contributed by atoms with Crippen molar-refractivity contribution in [2.24, 2.45) is 11.7 Å². The minimum Gasteiger partial charge on any atom is -0.319 e. The van der Waals surface area contributed by atoms with Crippen LogP contribution in [-0.2, 0) is 11.2 Å². The summed E-state index contributed by atoms with van der Waals surface area (Å²) >= 11 is 3.11. The van der Waals surface area contributed by atoms with Gasteiger partial charge in [0, 0.05) is 6.42 Å². The van der Waals surface area contributed by atoms with Gasteiger partial charge in [-0.3, -0.25) is 4.79 Å². The maximum atomic E-state index is 13.1. The second-order valence-corrected chi connectivity index (χ2v) is 5.76. The Hall–Kier alpha value is -0.740. The Morgan fingerprint density at radius 1 is 1.59 bits per heavy atom. The number of carbonyl (C=O) groups excluding carboxylic acids is 1. The molecule has 0 aromatic heterocycles. The number of benzene rings is 1. The standard InChI is InChI=1S/C13H15BrFNO/c1-13(16,9-3-4-9)12(17)7-8-2-5-11(15)10(14)6-8/h2,5-6,9H,3-4,7,16H2,1H3. The molecular weight excluding hydrogens is 285 g/mol. The maximum Gasteiger partial charge on any atom is 0.156 e. The fraction of sp³-hybridized carbons (Fsp3) is 0.462. The largest absolute Gasteiger partial charge is 0.319 e. The second-order valence-electron chi connectivity index (χ2n) is 4.91. The second kappa shape index (κ2) is 4.50. The van der Waals surface area contributed by atoms with Crippen molar-refractivity contribution in [1.29, 1.82) is 0 Å². The quantitative estimate of drug-likeness (QED) is 0.929. The summed E-state index contributed by atoms with van der Waals surface area (Å²) in [5, 5.41) is 0. The summed E-state index contributed by atoms with van der Waals surface area (Å²) in [4.78, 5) is 12.1. The molecule has 2 N–H and O–H groups in total. The van der Waals surface area contributed by atoms with Crippen molar-refractivity contribution in [1.82, 2.24) is 0 Å². The molecule has 1 aromatic rings. The Balaban J connectivity index is 2.10. The van der Waals surface area contributed by atoms with Crippen LogP contribution in [0.5, 0.6) is 0 Å². The van der Waals surface area contributed by atoms with Crippen LogP contribution in [0.4, 0.5) is 4.39 Å². The zero-order chi connectivity index (χ0) is 12.6. The predicted molar refractivity (Wildman–Crippen MR) is 68.1 cm³/mol. The molecule has 0 radical (unpaired) electrons. The highest BCUT2D eigenvalue weighted by Gasteiger charge is 2.43. The van der Waals surface area contributed by atoms with E-state index in [4.69, 9.17) is 5.73 Å². The molecule has 0 heterocycles. The number of carbonyl (C=O) groups is 1. The van der Waals surface area contributed by atoms with Crippen molar-refractivity contribution in [3.8, 4) is 0 Å². The van der Waals surface area contributed by atoms with Gasteiger partial charge in [-0.15, -0.1) is 0 Å². The minimum atomic E-state index is -0.735. The molecule has 0 amide bonds. The topological polar surface area (TPSA) is 43.1 Å². The molecule has 0 bridgehead atoms. The molecule has 1 fully saturated rings. The summed E-state index contributed by atoms with van der Waals surface area (Å²) in [7, 11) is 0. The number of rotatable bonds is 4. The van der Waals surface area contributed by atoms with Crippen molar-refractivity contribution >= 4 is 21.7 Å². The third kappa shape index (κ3) is 2.75. The summed E-state index contributed by atoms with van der Waals surface area (Å²) < 4.78 is 13.4. The summed E-state index contributed by atoms with van der Waals surface area (Å²) in [5.41, 5.74) is 6.10. The number of hydrogen-bond donors (Lipinski definition) is 1. The van der Waals surface area contributed by atoms with Gasteiger partial charge in [0.15, 0.2) is 5.78 Å². The van der Waals surface area contributed by atoms with Crippen molar-refractivity contribution in [2.45, 2.75) is 31.7 Å². The van der Waals surface area contributed by atoms with Gasteiger partial charge in [0.25, 0.3) is 0 Å². The molecule has 1 saturated carbocycles. The van der Waals surface area contributed by atoms with E-state index in [0.717, 1.165) is 18.4 Å². The molecule has 0 spiro atoms. The zero-order valence-corrected chi connectivity index (χ0v) is 11.3. The van der Waals surface area contributed by atoms with E-state index in [0.29, 0.717) is 10.4 Å². The van der Waals surface area contributed by atoms with Crippen LogP contribution in [0.15, 0.2) is 22.7 Å². The average molecular weight is 300 g/mol. The van der Waals surface area contributed by atoms with Gasteiger partial charge in [-0.2, -0.15) is 0 Å². The molecule has 1 aliphatic rings. The monoisotopic (exact) mass is 299 g/mol. The number of halogens is 2. The smallest absolute Gasteiger partial charge is 0.156 e. The lowest BCUT2D eigenvalue weighted by Crippen LogP contribution is -2.47. The Bertz CT molecular complexity index is 455. The maximum absolute atomic E-state index is 13.1. The number of nitrogens with two attached hydrogens (primary N) is 1. The fourth-order valence-electron chi connectivity index (χ4n) is 1.94. The summed E-state index contributed by atoms with van der Waals surface area (Å²) in [5.74, 6) is 0.0244. The molecule has 0 saturated heterocycles. The van der Waals surface area contributed by atoms with Gasteiger partial charge in [-0.25, -0.2) is 4.39 Å². The molecule has 0 aliphatic heterocycles. The molecule has 2 rings (SSSR count). The van der Waals surface area contributed by atoms with Crippen molar-refractivity contribution < 1.29 is 9.18 Å². The van der Waals surface area contributed by atoms with Crippen LogP contribution in [0.1, 0.15) is 25.3 Å². The molecule has 1 aliphatic carbocycles. The van der Waals surface area contributed by atoms with Gasteiger partial charge in [-0.1, -0.05) is 6.07 Å². The third-order valence-electron chi connectivity index (χ3n) is 3.37. The number of ketones is 1. The SMILES string of the molecule is CC(N)(C(=O)Cc1ccc(F)c(Br)c1)C1CC1. The lowest BCUT2D eigenvalue weighted by atomic mass is 9.88. The third-order valence-corrected chi connectivity index (χ3v) is 3.98. The van der Waals surface area contributed by atoms with Crippen molar-refractivity contribution in [2.75, 3.05) is 0 Å². The highest BCUT2D eigenvalue weighted by atomic mass is 79.9. The van der Waals surface area contributed by atoms with Gasteiger partial charge in [0.1, 0.15) is 5.82 Å². The molecule has 1 atom stereocenters. The predicted octanol–water partition coefficient (Wildman–Crippen LogP) is 2.83. The highest BCUT2D eigenvalue weighted by Crippen LogP contribution is 2.39. The van der Waals surface area contributed by atoms with Gasteiger partial charge in [0.05, 0.1) is 10.0 Å². The summed E-state index contributed by atoms with van der Waals surface area (Å²) in [6.45, 7) is 1.80. The molecule has 4 heteroatoms. The van der Waals surface area contributed by atoms with Gasteiger partial charge in [-0.05, 0) is 59.3 Å². The van der Waals surface area contributed by atoms with Crippen LogP contribution >= 0.6 is 15.9 Å². The van der Waals surface area contributed by atoms with Crippen molar-refractivity contribution in [3.63, 3.8) is 0 Å². The van der Waals surface area contributed by atoms with E-state index in [1.165, 1.54) is 6.07 Å². The van der Waals surface area contributed by atoms with Gasteiger partial charge >= 0.3 is 0 Å². The first-order valence-corrected chi connectivity index (χ1v) is 6.46. The van der Waals surface area contributed by atoms with E-state index >= 15 is 0 Å². The van der Waals surface area contributed by atoms with Crippen molar-refractivity contribution in [3.05, 3.63) is 34.1 Å². The van der Waals surface area contributed by atoms with E-state index in [1.54, 1.807) is 19.1 Å². The Morgan fingerprint density at radius 2 is 2.24 bits per heavy atom. The van der Waals surface area contributed by atoms with Crippen LogP contribution in [-0.4, -0.2) is 11.3 Å². The fourth-order valence-corrected chi connectivity index (χ4v) is 2.36. The number of hydrogen-bond acceptors (Lipinski definition) is 2. The van der Waals surface area contributed by atoms with E-state index < -0.39 is 5.54 Å². The van der Waals surface area contributed by atoms with Crippen LogP contribution in [0.3, 0.4) is 0 Å². The van der Waals surface area contributed by atoms with E-state index in [2.05, 4.69) is 15.9 Å².